The van der Waals surface area contributed by atoms with E-state index in [1.807, 2.05) is 42.5 Å². The molecule has 0 radical (unpaired) electrons. The first kappa shape index (κ1) is 15.3. The summed E-state index contributed by atoms with van der Waals surface area (Å²) in [5.74, 6) is -0.925. The quantitative estimate of drug-likeness (QED) is 0.651. The van der Waals surface area contributed by atoms with Gasteiger partial charge in [0.15, 0.2) is 0 Å². The van der Waals surface area contributed by atoms with Crippen LogP contribution < -0.4 is 10.6 Å². The van der Waals surface area contributed by atoms with E-state index in [1.54, 1.807) is 12.1 Å². The van der Waals surface area contributed by atoms with Crippen LogP contribution in [-0.4, -0.2) is 11.1 Å². The van der Waals surface area contributed by atoms with Crippen LogP contribution >= 0.6 is 0 Å². The van der Waals surface area contributed by atoms with Gasteiger partial charge in [-0.3, -0.25) is 0 Å². The lowest BCUT2D eigenvalue weighted by Gasteiger charge is -2.37. The SMILES string of the molecule is O=C(O)c1ccc2c(c1)NC(c1ccccc1)C(c1ccccc1)N2. The van der Waals surface area contributed by atoms with Crippen molar-refractivity contribution < 1.29 is 9.90 Å². The molecule has 3 aromatic rings. The molecule has 2 atom stereocenters. The third kappa shape index (κ3) is 2.94. The molecule has 2 unspecified atom stereocenters. The Bertz CT molecular complexity index is 894. The van der Waals surface area contributed by atoms with Gasteiger partial charge in [-0.05, 0) is 29.3 Å². The van der Waals surface area contributed by atoms with E-state index in [4.69, 9.17) is 0 Å². The molecule has 1 aliphatic heterocycles. The highest BCUT2D eigenvalue weighted by atomic mass is 16.4. The van der Waals surface area contributed by atoms with E-state index >= 15 is 0 Å². The normalized spacial score (nSPS) is 18.6. The monoisotopic (exact) mass is 330 g/mol. The van der Waals surface area contributed by atoms with Crippen molar-refractivity contribution in [3.63, 3.8) is 0 Å². The first-order valence-corrected chi connectivity index (χ1v) is 8.23. The van der Waals surface area contributed by atoms with Gasteiger partial charge < -0.3 is 15.7 Å². The summed E-state index contributed by atoms with van der Waals surface area (Å²) >= 11 is 0. The Morgan fingerprint density at radius 2 is 1.24 bits per heavy atom. The summed E-state index contributed by atoms with van der Waals surface area (Å²) in [6.45, 7) is 0. The zero-order valence-electron chi connectivity index (χ0n) is 13.5. The van der Waals surface area contributed by atoms with Crippen LogP contribution in [0.1, 0.15) is 33.6 Å². The van der Waals surface area contributed by atoms with Gasteiger partial charge >= 0.3 is 5.97 Å². The largest absolute Gasteiger partial charge is 0.478 e. The number of carboxylic acids is 1. The van der Waals surface area contributed by atoms with E-state index in [-0.39, 0.29) is 17.6 Å². The Morgan fingerprint density at radius 1 is 0.720 bits per heavy atom. The second-order valence-corrected chi connectivity index (χ2v) is 6.13. The number of rotatable bonds is 3. The lowest BCUT2D eigenvalue weighted by Crippen LogP contribution is -2.30. The van der Waals surface area contributed by atoms with Crippen LogP contribution in [0.3, 0.4) is 0 Å². The van der Waals surface area contributed by atoms with E-state index in [1.165, 1.54) is 5.56 Å². The maximum absolute atomic E-state index is 11.3. The molecule has 3 N–H and O–H groups in total. The van der Waals surface area contributed by atoms with Crippen molar-refractivity contribution in [3.05, 3.63) is 95.6 Å². The molecule has 0 saturated carbocycles. The van der Waals surface area contributed by atoms with Crippen molar-refractivity contribution in [2.75, 3.05) is 10.6 Å². The van der Waals surface area contributed by atoms with Crippen molar-refractivity contribution in [2.45, 2.75) is 12.1 Å². The molecule has 4 heteroatoms. The predicted molar refractivity (Wildman–Crippen MR) is 99.0 cm³/mol. The molecule has 0 fully saturated rings. The molecule has 0 aromatic heterocycles. The molecule has 4 rings (SSSR count). The molecule has 0 amide bonds. The molecule has 1 heterocycles. The van der Waals surface area contributed by atoms with Gasteiger partial charge in [-0.2, -0.15) is 0 Å². The first-order chi connectivity index (χ1) is 12.2. The minimum atomic E-state index is -0.925. The molecule has 0 spiro atoms. The van der Waals surface area contributed by atoms with E-state index in [2.05, 4.69) is 34.9 Å². The summed E-state index contributed by atoms with van der Waals surface area (Å²) in [7, 11) is 0. The summed E-state index contributed by atoms with van der Waals surface area (Å²) < 4.78 is 0. The highest BCUT2D eigenvalue weighted by Gasteiger charge is 2.30. The van der Waals surface area contributed by atoms with Crippen LogP contribution in [0.2, 0.25) is 0 Å². The maximum atomic E-state index is 11.3. The van der Waals surface area contributed by atoms with Gasteiger partial charge in [0.25, 0.3) is 0 Å². The van der Waals surface area contributed by atoms with E-state index in [0.717, 1.165) is 16.9 Å². The van der Waals surface area contributed by atoms with Crippen molar-refractivity contribution in [3.8, 4) is 0 Å². The number of benzene rings is 3. The minimum absolute atomic E-state index is 0.000134. The Morgan fingerprint density at radius 3 is 1.76 bits per heavy atom. The molecule has 0 bridgehead atoms. The van der Waals surface area contributed by atoms with Crippen molar-refractivity contribution in [1.82, 2.24) is 0 Å². The molecule has 0 aliphatic carbocycles. The van der Waals surface area contributed by atoms with Crippen LogP contribution in [0.25, 0.3) is 0 Å². The van der Waals surface area contributed by atoms with Crippen LogP contribution in [0.5, 0.6) is 0 Å². The van der Waals surface area contributed by atoms with Crippen molar-refractivity contribution in [1.29, 1.82) is 0 Å². The summed E-state index contributed by atoms with van der Waals surface area (Å²) in [5, 5.41) is 16.4. The second kappa shape index (κ2) is 6.32. The molecule has 3 aromatic carbocycles. The predicted octanol–water partition coefficient (Wildman–Crippen LogP) is 4.70. The zero-order valence-corrected chi connectivity index (χ0v) is 13.5. The van der Waals surface area contributed by atoms with Gasteiger partial charge in [-0.25, -0.2) is 4.79 Å². The molecular weight excluding hydrogens is 312 g/mol. The zero-order chi connectivity index (χ0) is 17.2. The van der Waals surface area contributed by atoms with Gasteiger partial charge in [0.05, 0.1) is 29.0 Å². The lowest BCUT2D eigenvalue weighted by molar-refractivity contribution is 0.0697. The van der Waals surface area contributed by atoms with E-state index in [9.17, 15) is 9.90 Å². The van der Waals surface area contributed by atoms with Gasteiger partial charge in [0.2, 0.25) is 0 Å². The summed E-state index contributed by atoms with van der Waals surface area (Å²) in [6, 6.07) is 25.6. The second-order valence-electron chi connectivity index (χ2n) is 6.13. The Kier molecular flexibility index (Phi) is 3.86. The minimum Gasteiger partial charge on any atom is -0.478 e. The molecule has 124 valence electrons. The molecule has 4 nitrogen and oxygen atoms in total. The van der Waals surface area contributed by atoms with Crippen LogP contribution in [0.4, 0.5) is 11.4 Å². The van der Waals surface area contributed by atoms with Crippen molar-refractivity contribution >= 4 is 17.3 Å². The lowest BCUT2D eigenvalue weighted by atomic mass is 9.90. The summed E-state index contributed by atoms with van der Waals surface area (Å²) in [5.41, 5.74) is 4.32. The number of anilines is 2. The number of carboxylic acid groups (broad SMARTS) is 1. The fourth-order valence-electron chi connectivity index (χ4n) is 3.30. The van der Waals surface area contributed by atoms with Gasteiger partial charge in [0.1, 0.15) is 0 Å². The average Bonchev–Trinajstić information content (AvgIpc) is 2.68. The van der Waals surface area contributed by atoms with Crippen LogP contribution in [0.15, 0.2) is 78.9 Å². The Balaban J connectivity index is 1.79. The average molecular weight is 330 g/mol. The first-order valence-electron chi connectivity index (χ1n) is 8.23. The highest BCUT2D eigenvalue weighted by molar-refractivity contribution is 5.91. The number of hydrogen-bond donors (Lipinski definition) is 3. The Hall–Kier alpha value is -3.27. The molecule has 1 aliphatic rings. The third-order valence-corrected chi connectivity index (χ3v) is 4.54. The van der Waals surface area contributed by atoms with Gasteiger partial charge in [-0.15, -0.1) is 0 Å². The summed E-state index contributed by atoms with van der Waals surface area (Å²) in [4.78, 5) is 11.3. The van der Waals surface area contributed by atoms with E-state index < -0.39 is 5.97 Å². The number of aromatic carboxylic acids is 1. The Labute approximate surface area is 146 Å². The number of carbonyl (C=O) groups is 1. The third-order valence-electron chi connectivity index (χ3n) is 4.54. The van der Waals surface area contributed by atoms with Crippen LogP contribution in [-0.2, 0) is 0 Å². The topological polar surface area (TPSA) is 61.4 Å². The fourth-order valence-corrected chi connectivity index (χ4v) is 3.30. The number of hydrogen-bond acceptors (Lipinski definition) is 3. The standard InChI is InChI=1S/C21H18N2O2/c24-21(25)16-11-12-17-18(13-16)23-20(15-9-5-2-6-10-15)19(22-17)14-7-3-1-4-8-14/h1-13,19-20,22-23H,(H,24,25). The van der Waals surface area contributed by atoms with E-state index in [0.29, 0.717) is 0 Å². The molecule has 25 heavy (non-hydrogen) atoms. The fraction of sp³-hybridized carbons (Fsp3) is 0.0952. The summed E-state index contributed by atoms with van der Waals surface area (Å²) in [6.07, 6.45) is 0. The molecular formula is C21H18N2O2. The highest BCUT2D eigenvalue weighted by Crippen LogP contribution is 2.42. The maximum Gasteiger partial charge on any atom is 0.335 e. The van der Waals surface area contributed by atoms with Crippen molar-refractivity contribution in [2.24, 2.45) is 0 Å². The number of fused-ring (bicyclic) bond motifs is 1. The molecule has 0 saturated heterocycles. The van der Waals surface area contributed by atoms with Crippen LogP contribution in [0, 0.1) is 0 Å². The smallest absolute Gasteiger partial charge is 0.335 e. The van der Waals surface area contributed by atoms with Gasteiger partial charge in [0, 0.05) is 0 Å². The number of nitrogens with one attached hydrogen (secondary N) is 2. The van der Waals surface area contributed by atoms with Gasteiger partial charge in [-0.1, -0.05) is 60.7 Å².